The number of hydrogen-bond acceptors (Lipinski definition) is 6. The van der Waals surface area contributed by atoms with Gasteiger partial charge in [-0.05, 0) is 25.7 Å². The molecule has 0 saturated carbocycles. The molecule has 0 unspecified atom stereocenters. The number of rotatable bonds is 16. The van der Waals surface area contributed by atoms with Crippen LogP contribution in [0.15, 0.2) is 11.1 Å². The third-order valence-electron chi connectivity index (χ3n) is 4.58. The molecule has 0 aliphatic carbocycles. The topological polar surface area (TPSA) is 93.1 Å². The van der Waals surface area contributed by atoms with Gasteiger partial charge in [0, 0.05) is 0 Å². The molecule has 0 radical (unpaired) electrons. The van der Waals surface area contributed by atoms with Crippen molar-refractivity contribution in [3.8, 4) is 0 Å². The molecule has 26 heavy (non-hydrogen) atoms. The van der Waals surface area contributed by atoms with Gasteiger partial charge in [0.25, 0.3) is 0 Å². The van der Waals surface area contributed by atoms with Gasteiger partial charge in [-0.15, -0.1) is 0 Å². The Balaban J connectivity index is 4.78. The van der Waals surface area contributed by atoms with Crippen molar-refractivity contribution in [1.82, 2.24) is 0 Å². The fourth-order valence-corrected chi connectivity index (χ4v) is 3.03. The van der Waals surface area contributed by atoms with Crippen LogP contribution in [-0.4, -0.2) is 22.5 Å². The lowest BCUT2D eigenvalue weighted by molar-refractivity contribution is -0.232. The van der Waals surface area contributed by atoms with E-state index in [0.29, 0.717) is 25.7 Å². The highest BCUT2D eigenvalue weighted by Gasteiger charge is 2.23. The van der Waals surface area contributed by atoms with Crippen LogP contribution >= 0.6 is 0 Å². The van der Waals surface area contributed by atoms with Gasteiger partial charge in [0.15, 0.2) is 0 Å². The van der Waals surface area contributed by atoms with Crippen molar-refractivity contribution in [2.24, 2.45) is 0 Å². The van der Waals surface area contributed by atoms with E-state index >= 15 is 0 Å². The second-order valence-electron chi connectivity index (χ2n) is 6.75. The summed E-state index contributed by atoms with van der Waals surface area (Å²) < 4.78 is 0. The first kappa shape index (κ1) is 24.6. The maximum absolute atomic E-state index is 11.9. The predicted octanol–water partition coefficient (Wildman–Crippen LogP) is 5.82. The SMILES string of the molecule is CCCCCCCCC(C(=O)OO)=C(CCCCCCCC)C(=O)OO. The maximum atomic E-state index is 11.9. The Morgan fingerprint density at radius 1 is 0.577 bits per heavy atom. The Bertz CT molecular complexity index is 379. The summed E-state index contributed by atoms with van der Waals surface area (Å²) in [4.78, 5) is 31.5. The Morgan fingerprint density at radius 2 is 0.885 bits per heavy atom. The minimum atomic E-state index is -0.940. The summed E-state index contributed by atoms with van der Waals surface area (Å²) in [6.45, 7) is 4.29. The van der Waals surface area contributed by atoms with Gasteiger partial charge in [0.1, 0.15) is 0 Å². The number of carbonyl (C=O) groups excluding carboxylic acids is 2. The summed E-state index contributed by atoms with van der Waals surface area (Å²) in [6, 6.07) is 0. The van der Waals surface area contributed by atoms with Crippen LogP contribution in [-0.2, 0) is 19.4 Å². The molecule has 6 heteroatoms. The van der Waals surface area contributed by atoms with Crippen LogP contribution in [0.2, 0.25) is 0 Å². The fraction of sp³-hybridized carbons (Fsp3) is 0.800. The highest BCUT2D eigenvalue weighted by Crippen LogP contribution is 2.22. The van der Waals surface area contributed by atoms with Crippen LogP contribution in [0.25, 0.3) is 0 Å². The van der Waals surface area contributed by atoms with Crippen LogP contribution in [0, 0.1) is 0 Å². The molecule has 0 spiro atoms. The van der Waals surface area contributed by atoms with Crippen molar-refractivity contribution in [2.45, 2.75) is 104 Å². The normalized spacial score (nSPS) is 11.8. The Hall–Kier alpha value is -1.40. The second kappa shape index (κ2) is 17.0. The smallest absolute Gasteiger partial charge is 0.296 e. The van der Waals surface area contributed by atoms with Crippen molar-refractivity contribution >= 4 is 11.9 Å². The monoisotopic (exact) mass is 372 g/mol. The molecule has 0 heterocycles. The van der Waals surface area contributed by atoms with E-state index in [4.69, 9.17) is 10.5 Å². The zero-order valence-corrected chi connectivity index (χ0v) is 16.4. The summed E-state index contributed by atoms with van der Waals surface area (Å²) in [5.41, 5.74) is 0.214. The molecule has 0 rings (SSSR count). The molecule has 2 N–H and O–H groups in total. The Morgan fingerprint density at radius 3 is 1.19 bits per heavy atom. The summed E-state index contributed by atoms with van der Waals surface area (Å²) in [7, 11) is 0. The van der Waals surface area contributed by atoms with Crippen LogP contribution in [0.3, 0.4) is 0 Å². The molecule has 0 atom stereocenters. The van der Waals surface area contributed by atoms with E-state index in [0.717, 1.165) is 51.4 Å². The van der Waals surface area contributed by atoms with Crippen LogP contribution in [0.1, 0.15) is 104 Å². The standard InChI is InChI=1S/C20H36O6/c1-3-5-7-9-11-13-15-17(19(21)25-23)18(20(22)26-24)16-14-12-10-8-6-4-2/h23-24H,3-16H2,1-2H3. The van der Waals surface area contributed by atoms with Gasteiger partial charge in [-0.25, -0.2) is 9.59 Å². The van der Waals surface area contributed by atoms with Crippen molar-refractivity contribution in [3.05, 3.63) is 11.1 Å². The van der Waals surface area contributed by atoms with E-state index in [1.165, 1.54) is 12.8 Å². The molecule has 0 amide bonds. The lowest BCUT2D eigenvalue weighted by Crippen LogP contribution is -2.15. The largest absolute Gasteiger partial charge is 0.369 e. The maximum Gasteiger partial charge on any atom is 0.369 e. The van der Waals surface area contributed by atoms with E-state index in [2.05, 4.69) is 23.6 Å². The lowest BCUT2D eigenvalue weighted by Gasteiger charge is -2.11. The van der Waals surface area contributed by atoms with E-state index in [9.17, 15) is 9.59 Å². The van der Waals surface area contributed by atoms with Crippen molar-refractivity contribution in [2.75, 3.05) is 0 Å². The average Bonchev–Trinajstić information content (AvgIpc) is 2.66. The lowest BCUT2D eigenvalue weighted by atomic mass is 9.96. The highest BCUT2D eigenvalue weighted by atomic mass is 17.1. The molecule has 152 valence electrons. The fourth-order valence-electron chi connectivity index (χ4n) is 3.03. The third kappa shape index (κ3) is 11.3. The van der Waals surface area contributed by atoms with E-state index in [1.807, 2.05) is 0 Å². The first-order chi connectivity index (χ1) is 12.6. The Kier molecular flexibility index (Phi) is 16.1. The van der Waals surface area contributed by atoms with E-state index in [1.54, 1.807) is 0 Å². The number of unbranched alkanes of at least 4 members (excludes halogenated alkanes) is 10. The molecule has 0 aliphatic heterocycles. The van der Waals surface area contributed by atoms with Crippen LogP contribution in [0.5, 0.6) is 0 Å². The highest BCUT2D eigenvalue weighted by molar-refractivity contribution is 5.99. The van der Waals surface area contributed by atoms with E-state index in [-0.39, 0.29) is 11.1 Å². The molecule has 0 fully saturated rings. The number of hydrogen-bond donors (Lipinski definition) is 2. The zero-order valence-electron chi connectivity index (χ0n) is 16.4. The quantitative estimate of drug-likeness (QED) is 0.153. The van der Waals surface area contributed by atoms with Gasteiger partial charge in [-0.2, -0.15) is 10.5 Å². The van der Waals surface area contributed by atoms with Gasteiger partial charge in [-0.3, -0.25) is 9.78 Å². The van der Waals surface area contributed by atoms with Crippen molar-refractivity contribution in [1.29, 1.82) is 0 Å². The molecule has 0 bridgehead atoms. The van der Waals surface area contributed by atoms with E-state index < -0.39 is 11.9 Å². The molecule has 0 aromatic rings. The average molecular weight is 373 g/mol. The summed E-state index contributed by atoms with van der Waals surface area (Å²) in [5, 5.41) is 17.5. The van der Waals surface area contributed by atoms with Crippen molar-refractivity contribution < 1.29 is 29.9 Å². The van der Waals surface area contributed by atoms with Gasteiger partial charge < -0.3 is 0 Å². The number of carbonyl (C=O) groups is 2. The predicted molar refractivity (Wildman–Crippen MR) is 100 cm³/mol. The van der Waals surface area contributed by atoms with Crippen molar-refractivity contribution in [3.63, 3.8) is 0 Å². The minimum absolute atomic E-state index is 0.107. The summed E-state index contributed by atoms with van der Waals surface area (Å²) >= 11 is 0. The molecule has 0 aliphatic rings. The Labute approximate surface area is 157 Å². The minimum Gasteiger partial charge on any atom is -0.296 e. The summed E-state index contributed by atoms with van der Waals surface area (Å²) in [5.74, 6) is -1.88. The summed E-state index contributed by atoms with van der Waals surface area (Å²) in [6.07, 6.45) is 13.0. The first-order valence-corrected chi connectivity index (χ1v) is 10.1. The molecule has 0 saturated heterocycles. The van der Waals surface area contributed by atoms with Gasteiger partial charge >= 0.3 is 11.9 Å². The molecular formula is C20H36O6. The van der Waals surface area contributed by atoms with Gasteiger partial charge in [0.05, 0.1) is 11.1 Å². The molecular weight excluding hydrogens is 336 g/mol. The molecule has 0 aromatic heterocycles. The third-order valence-corrected chi connectivity index (χ3v) is 4.58. The molecule has 0 aromatic carbocycles. The van der Waals surface area contributed by atoms with Crippen LogP contribution in [0.4, 0.5) is 0 Å². The van der Waals surface area contributed by atoms with Crippen LogP contribution < -0.4 is 0 Å². The van der Waals surface area contributed by atoms with Gasteiger partial charge in [0.2, 0.25) is 0 Å². The molecule has 6 nitrogen and oxygen atoms in total. The zero-order chi connectivity index (χ0) is 19.6. The first-order valence-electron chi connectivity index (χ1n) is 10.1. The second-order valence-corrected chi connectivity index (χ2v) is 6.75. The van der Waals surface area contributed by atoms with Gasteiger partial charge in [-0.1, -0.05) is 78.1 Å².